The first-order valence-electron chi connectivity index (χ1n) is 8.06. The Morgan fingerprint density at radius 3 is 2.78 bits per heavy atom. The molecule has 0 radical (unpaired) electrons. The van der Waals surface area contributed by atoms with Crippen molar-refractivity contribution in [2.24, 2.45) is 5.92 Å². The van der Waals surface area contributed by atoms with Gasteiger partial charge in [0.2, 0.25) is 17.8 Å². The Hall–Kier alpha value is -1.96. The lowest BCUT2D eigenvalue weighted by Crippen LogP contribution is -2.45. The van der Waals surface area contributed by atoms with E-state index in [-0.39, 0.29) is 24.3 Å². The fraction of sp³-hybridized carbons (Fsp3) is 0.733. The average Bonchev–Trinajstić information content (AvgIpc) is 2.52. The Bertz CT molecular complexity index is 547. The van der Waals surface area contributed by atoms with Gasteiger partial charge in [-0.1, -0.05) is 0 Å². The van der Waals surface area contributed by atoms with E-state index in [0.29, 0.717) is 17.8 Å². The smallest absolute Gasteiger partial charge is 0.229 e. The monoisotopic (exact) mass is 321 g/mol. The summed E-state index contributed by atoms with van der Waals surface area (Å²) in [5.74, 6) is 1.22. The van der Waals surface area contributed by atoms with E-state index in [1.807, 2.05) is 14.1 Å². The van der Waals surface area contributed by atoms with Crippen LogP contribution in [0.5, 0.6) is 0 Å². The third-order valence-electron chi connectivity index (χ3n) is 4.06. The van der Waals surface area contributed by atoms with E-state index in [9.17, 15) is 4.79 Å². The van der Waals surface area contributed by atoms with Crippen molar-refractivity contribution in [1.29, 1.82) is 0 Å². The molecular formula is C15H27N7O. The van der Waals surface area contributed by atoms with Crippen LogP contribution in [-0.2, 0) is 11.3 Å². The number of carbonyl (C=O) groups excluding carboxylic acids is 1. The Morgan fingerprint density at radius 1 is 1.39 bits per heavy atom. The maximum absolute atomic E-state index is 12.4. The third-order valence-corrected chi connectivity index (χ3v) is 4.06. The summed E-state index contributed by atoms with van der Waals surface area (Å²) in [5, 5.41) is 2.93. The van der Waals surface area contributed by atoms with Gasteiger partial charge in [-0.25, -0.2) is 0 Å². The third kappa shape index (κ3) is 4.75. The highest BCUT2D eigenvalue weighted by atomic mass is 16.1. The highest BCUT2D eigenvalue weighted by molar-refractivity contribution is 5.78. The molecule has 1 saturated heterocycles. The van der Waals surface area contributed by atoms with Gasteiger partial charge in [0.1, 0.15) is 0 Å². The number of anilines is 2. The number of amides is 1. The van der Waals surface area contributed by atoms with E-state index < -0.39 is 0 Å². The number of nitrogens with zero attached hydrogens (tertiary/aromatic N) is 5. The molecule has 1 aromatic heterocycles. The average molecular weight is 321 g/mol. The summed E-state index contributed by atoms with van der Waals surface area (Å²) >= 11 is 0. The highest BCUT2D eigenvalue weighted by Gasteiger charge is 2.26. The molecule has 1 aliphatic heterocycles. The van der Waals surface area contributed by atoms with Crippen molar-refractivity contribution in [3.8, 4) is 0 Å². The molecule has 0 unspecified atom stereocenters. The highest BCUT2D eigenvalue weighted by Crippen LogP contribution is 2.18. The minimum absolute atomic E-state index is 0.0265. The molecule has 0 saturated carbocycles. The van der Waals surface area contributed by atoms with E-state index in [2.05, 4.69) is 39.0 Å². The fourth-order valence-corrected chi connectivity index (χ4v) is 2.70. The van der Waals surface area contributed by atoms with Crippen molar-refractivity contribution in [2.45, 2.75) is 39.3 Å². The molecule has 0 aliphatic carbocycles. The van der Waals surface area contributed by atoms with Gasteiger partial charge in [-0.3, -0.25) is 4.79 Å². The summed E-state index contributed by atoms with van der Waals surface area (Å²) in [6.45, 7) is 6.47. The minimum atomic E-state index is 0.0265. The molecule has 2 heterocycles. The van der Waals surface area contributed by atoms with Gasteiger partial charge in [0.15, 0.2) is 5.82 Å². The summed E-state index contributed by atoms with van der Waals surface area (Å²) < 4.78 is 0. The molecule has 23 heavy (non-hydrogen) atoms. The lowest BCUT2D eigenvalue weighted by atomic mass is 9.96. The van der Waals surface area contributed by atoms with Crippen LogP contribution in [0.1, 0.15) is 32.5 Å². The molecule has 0 aromatic carbocycles. The van der Waals surface area contributed by atoms with Crippen LogP contribution in [0.2, 0.25) is 0 Å². The van der Waals surface area contributed by atoms with Crippen LogP contribution in [0.4, 0.5) is 11.9 Å². The Labute approximate surface area is 137 Å². The van der Waals surface area contributed by atoms with Crippen molar-refractivity contribution < 1.29 is 4.79 Å². The molecule has 128 valence electrons. The molecule has 1 aliphatic rings. The quantitative estimate of drug-likeness (QED) is 0.802. The number of nitrogens with two attached hydrogens (primary N) is 1. The Kier molecular flexibility index (Phi) is 5.70. The predicted octanol–water partition coefficient (Wildman–Crippen LogP) is 0.256. The predicted molar refractivity (Wildman–Crippen MR) is 89.8 cm³/mol. The second kappa shape index (κ2) is 7.54. The zero-order valence-electron chi connectivity index (χ0n) is 14.4. The topological polar surface area (TPSA) is 100 Å². The van der Waals surface area contributed by atoms with Gasteiger partial charge in [-0.2, -0.15) is 15.0 Å². The normalized spacial score (nSPS) is 18.9. The number of rotatable bonds is 5. The van der Waals surface area contributed by atoms with Crippen LogP contribution in [-0.4, -0.2) is 59.0 Å². The zero-order valence-corrected chi connectivity index (χ0v) is 14.4. The zero-order chi connectivity index (χ0) is 17.0. The molecule has 0 spiro atoms. The minimum Gasteiger partial charge on any atom is -0.368 e. The van der Waals surface area contributed by atoms with Gasteiger partial charge in [-0.15, -0.1) is 0 Å². The lowest BCUT2D eigenvalue weighted by Gasteiger charge is -2.34. The molecule has 1 amide bonds. The number of piperidine rings is 1. The molecule has 8 nitrogen and oxygen atoms in total. The number of nitrogens with one attached hydrogen (secondary N) is 1. The van der Waals surface area contributed by atoms with Crippen LogP contribution in [0.3, 0.4) is 0 Å². The Morgan fingerprint density at radius 2 is 2.13 bits per heavy atom. The number of likely N-dealkylation sites (tertiary alicyclic amines) is 1. The van der Waals surface area contributed by atoms with Crippen LogP contribution in [0, 0.1) is 5.92 Å². The first-order valence-corrected chi connectivity index (χ1v) is 8.06. The lowest BCUT2D eigenvalue weighted by molar-refractivity contribution is -0.127. The molecule has 2 rings (SSSR count). The van der Waals surface area contributed by atoms with Gasteiger partial charge in [-0.05, 0) is 33.2 Å². The van der Waals surface area contributed by atoms with E-state index in [1.54, 1.807) is 4.90 Å². The van der Waals surface area contributed by atoms with E-state index in [0.717, 1.165) is 25.9 Å². The number of nitrogen functional groups attached to an aromatic ring is 1. The maximum Gasteiger partial charge on any atom is 0.229 e. The molecule has 8 heteroatoms. The molecular weight excluding hydrogens is 294 g/mol. The summed E-state index contributed by atoms with van der Waals surface area (Å²) in [6, 6.07) is 0.469. The summed E-state index contributed by atoms with van der Waals surface area (Å²) in [4.78, 5) is 28.9. The Balaban J connectivity index is 1.94. The largest absolute Gasteiger partial charge is 0.368 e. The summed E-state index contributed by atoms with van der Waals surface area (Å²) in [6.07, 6.45) is 1.98. The number of aromatic nitrogens is 3. The standard InChI is InChI=1S/C15H27N7O/c1-10(2)22-7-5-6-11(9-22)13(23)17-8-12-18-14(16)20-15(19-12)21(3)4/h10-11H,5-9H2,1-4H3,(H,17,23)(H2,16,18,19,20)/t11-/m1/s1. The van der Waals surface area contributed by atoms with Crippen LogP contribution >= 0.6 is 0 Å². The number of carbonyl (C=O) groups is 1. The fourth-order valence-electron chi connectivity index (χ4n) is 2.70. The second-order valence-electron chi connectivity index (χ2n) is 6.45. The van der Waals surface area contributed by atoms with Gasteiger partial charge in [0.25, 0.3) is 0 Å². The number of hydrogen-bond donors (Lipinski definition) is 2. The van der Waals surface area contributed by atoms with Crippen molar-refractivity contribution >= 4 is 17.8 Å². The van der Waals surface area contributed by atoms with Gasteiger partial charge in [0.05, 0.1) is 12.5 Å². The van der Waals surface area contributed by atoms with E-state index in [1.165, 1.54) is 0 Å². The van der Waals surface area contributed by atoms with Crippen molar-refractivity contribution in [3.05, 3.63) is 5.82 Å². The van der Waals surface area contributed by atoms with Gasteiger partial charge in [0, 0.05) is 26.7 Å². The molecule has 1 fully saturated rings. The number of hydrogen-bond acceptors (Lipinski definition) is 7. The van der Waals surface area contributed by atoms with Gasteiger partial charge >= 0.3 is 0 Å². The molecule has 1 aromatic rings. The second-order valence-corrected chi connectivity index (χ2v) is 6.45. The van der Waals surface area contributed by atoms with E-state index in [4.69, 9.17) is 5.73 Å². The maximum atomic E-state index is 12.4. The van der Waals surface area contributed by atoms with E-state index >= 15 is 0 Å². The van der Waals surface area contributed by atoms with Crippen molar-refractivity contribution in [3.63, 3.8) is 0 Å². The SMILES string of the molecule is CC(C)N1CCC[C@@H](C(=O)NCc2nc(N)nc(N(C)C)n2)C1. The molecule has 0 bridgehead atoms. The first kappa shape index (κ1) is 17.4. The van der Waals surface area contributed by atoms with Crippen LogP contribution in [0.25, 0.3) is 0 Å². The van der Waals surface area contributed by atoms with Gasteiger partial charge < -0.3 is 20.9 Å². The van der Waals surface area contributed by atoms with Crippen molar-refractivity contribution in [1.82, 2.24) is 25.2 Å². The molecule has 3 N–H and O–H groups in total. The first-order chi connectivity index (χ1) is 10.9. The summed E-state index contributed by atoms with van der Waals surface area (Å²) in [5.41, 5.74) is 5.69. The van der Waals surface area contributed by atoms with Crippen LogP contribution < -0.4 is 16.0 Å². The summed E-state index contributed by atoms with van der Waals surface area (Å²) in [7, 11) is 3.67. The molecule has 1 atom stereocenters. The van der Waals surface area contributed by atoms with Crippen molar-refractivity contribution in [2.75, 3.05) is 37.8 Å². The van der Waals surface area contributed by atoms with Crippen LogP contribution in [0.15, 0.2) is 0 Å².